The lowest BCUT2D eigenvalue weighted by atomic mass is 9.94. The quantitative estimate of drug-likeness (QED) is 0.513. The van der Waals surface area contributed by atoms with Crippen molar-refractivity contribution in [2.45, 2.75) is 25.3 Å². The third kappa shape index (κ3) is 3.12. The van der Waals surface area contributed by atoms with Gasteiger partial charge >= 0.3 is 0 Å². The number of fused-ring (bicyclic) bond motifs is 1. The predicted molar refractivity (Wildman–Crippen MR) is 95.5 cm³/mol. The Bertz CT molecular complexity index is 613. The number of nitrogens with one attached hydrogen (secondary N) is 1. The third-order valence-corrected chi connectivity index (χ3v) is 6.21. The molecule has 1 aromatic carbocycles. The largest absolute Gasteiger partial charge is 0.377 e. The van der Waals surface area contributed by atoms with Gasteiger partial charge in [-0.15, -0.1) is 11.3 Å². The van der Waals surface area contributed by atoms with Gasteiger partial charge in [0.15, 0.2) is 0 Å². The van der Waals surface area contributed by atoms with Crippen molar-refractivity contribution in [2.75, 3.05) is 5.32 Å². The summed E-state index contributed by atoms with van der Waals surface area (Å²) in [5.74, 6) is 0. The highest BCUT2D eigenvalue weighted by Gasteiger charge is 2.22. The van der Waals surface area contributed by atoms with E-state index in [1.54, 1.807) is 4.88 Å². The standard InChI is InChI=1S/C14H12BrClINS/c15-10-6-8(16)4-5-12(10)18-11-2-1-3-13-9(11)7-14(17)19-13/h4-7,11,18H,1-3H2. The van der Waals surface area contributed by atoms with E-state index in [9.17, 15) is 0 Å². The average molecular weight is 469 g/mol. The maximum atomic E-state index is 5.99. The van der Waals surface area contributed by atoms with Crippen LogP contribution in [0.25, 0.3) is 0 Å². The van der Waals surface area contributed by atoms with Crippen LogP contribution in [0.2, 0.25) is 5.02 Å². The molecule has 0 saturated heterocycles. The maximum Gasteiger partial charge on any atom is 0.0660 e. The van der Waals surface area contributed by atoms with Crippen molar-refractivity contribution < 1.29 is 0 Å². The van der Waals surface area contributed by atoms with Crippen molar-refractivity contribution >= 4 is 67.1 Å². The van der Waals surface area contributed by atoms with E-state index in [2.05, 4.69) is 49.9 Å². The summed E-state index contributed by atoms with van der Waals surface area (Å²) < 4.78 is 2.41. The van der Waals surface area contributed by atoms with Crippen LogP contribution in [-0.4, -0.2) is 0 Å². The summed E-state index contributed by atoms with van der Waals surface area (Å²) in [6.07, 6.45) is 3.67. The Morgan fingerprint density at radius 3 is 3.00 bits per heavy atom. The van der Waals surface area contributed by atoms with Gasteiger partial charge in [-0.2, -0.15) is 0 Å². The van der Waals surface area contributed by atoms with Crippen molar-refractivity contribution in [1.82, 2.24) is 0 Å². The van der Waals surface area contributed by atoms with E-state index in [-0.39, 0.29) is 0 Å². The summed E-state index contributed by atoms with van der Waals surface area (Å²) in [7, 11) is 0. The van der Waals surface area contributed by atoms with E-state index < -0.39 is 0 Å². The minimum atomic E-state index is 0.418. The number of benzene rings is 1. The number of thiophene rings is 1. The minimum Gasteiger partial charge on any atom is -0.377 e. The highest BCUT2D eigenvalue weighted by Crippen LogP contribution is 2.39. The molecular formula is C14H12BrClINS. The molecule has 1 N–H and O–H groups in total. The van der Waals surface area contributed by atoms with Crippen molar-refractivity contribution in [3.63, 3.8) is 0 Å². The fourth-order valence-electron chi connectivity index (χ4n) is 2.47. The molecule has 0 spiro atoms. The van der Waals surface area contributed by atoms with Crippen molar-refractivity contribution in [1.29, 1.82) is 0 Å². The summed E-state index contributed by atoms with van der Waals surface area (Å²) in [5.41, 5.74) is 2.59. The minimum absolute atomic E-state index is 0.418. The van der Waals surface area contributed by atoms with Gasteiger partial charge < -0.3 is 5.32 Å². The molecule has 1 unspecified atom stereocenters. The maximum absolute atomic E-state index is 5.99. The molecule has 1 aliphatic rings. The van der Waals surface area contributed by atoms with Gasteiger partial charge in [-0.1, -0.05) is 11.6 Å². The number of rotatable bonds is 2. The Labute approximate surface area is 144 Å². The van der Waals surface area contributed by atoms with Crippen LogP contribution in [0.5, 0.6) is 0 Å². The lowest BCUT2D eigenvalue weighted by Crippen LogP contribution is -2.15. The number of halogens is 3. The lowest BCUT2D eigenvalue weighted by Gasteiger charge is -2.25. The molecule has 0 amide bonds. The molecule has 100 valence electrons. The number of anilines is 1. The molecule has 1 atom stereocenters. The topological polar surface area (TPSA) is 12.0 Å². The van der Waals surface area contributed by atoms with Crippen LogP contribution in [0.15, 0.2) is 28.7 Å². The van der Waals surface area contributed by atoms with Crippen LogP contribution in [0, 0.1) is 2.88 Å². The van der Waals surface area contributed by atoms with E-state index in [1.807, 2.05) is 29.5 Å². The van der Waals surface area contributed by atoms with Crippen molar-refractivity contribution in [3.05, 3.63) is 47.1 Å². The summed E-state index contributed by atoms with van der Waals surface area (Å²) in [6.45, 7) is 0. The SMILES string of the molecule is Clc1ccc(NC2CCCc3sc(I)cc32)c(Br)c1. The molecule has 1 aliphatic carbocycles. The second-order valence-electron chi connectivity index (χ2n) is 4.64. The van der Waals surface area contributed by atoms with Crippen LogP contribution >= 0.6 is 61.5 Å². The van der Waals surface area contributed by atoms with Gasteiger partial charge in [0.2, 0.25) is 0 Å². The van der Waals surface area contributed by atoms with Crippen LogP contribution in [0.1, 0.15) is 29.3 Å². The zero-order valence-electron chi connectivity index (χ0n) is 10.1. The van der Waals surface area contributed by atoms with Gasteiger partial charge in [-0.05, 0) is 87.6 Å². The van der Waals surface area contributed by atoms with E-state index >= 15 is 0 Å². The van der Waals surface area contributed by atoms with Gasteiger partial charge in [-0.25, -0.2) is 0 Å². The molecule has 1 heterocycles. The van der Waals surface area contributed by atoms with Gasteiger partial charge in [0, 0.05) is 20.1 Å². The first kappa shape index (κ1) is 14.2. The van der Waals surface area contributed by atoms with Gasteiger partial charge in [0.25, 0.3) is 0 Å². The zero-order valence-corrected chi connectivity index (χ0v) is 15.4. The molecule has 1 nitrogen and oxygen atoms in total. The lowest BCUT2D eigenvalue weighted by molar-refractivity contribution is 0.608. The smallest absolute Gasteiger partial charge is 0.0660 e. The summed E-state index contributed by atoms with van der Waals surface area (Å²) in [5, 5.41) is 4.40. The normalized spacial score (nSPS) is 18.2. The molecule has 19 heavy (non-hydrogen) atoms. The van der Waals surface area contributed by atoms with Gasteiger partial charge in [-0.3, -0.25) is 0 Å². The van der Waals surface area contributed by atoms with Crippen molar-refractivity contribution in [2.24, 2.45) is 0 Å². The van der Waals surface area contributed by atoms with Crippen LogP contribution < -0.4 is 5.32 Å². The first-order valence-electron chi connectivity index (χ1n) is 6.13. The molecule has 0 radical (unpaired) electrons. The summed E-state index contributed by atoms with van der Waals surface area (Å²) >= 11 is 13.9. The van der Waals surface area contributed by atoms with E-state index in [1.165, 1.54) is 27.7 Å². The first-order chi connectivity index (χ1) is 9.13. The molecule has 0 aliphatic heterocycles. The highest BCUT2D eigenvalue weighted by molar-refractivity contribution is 14.1. The van der Waals surface area contributed by atoms with Gasteiger partial charge in [0.05, 0.1) is 8.93 Å². The Morgan fingerprint density at radius 2 is 2.21 bits per heavy atom. The second kappa shape index (κ2) is 5.92. The highest BCUT2D eigenvalue weighted by atomic mass is 127. The molecule has 1 aromatic heterocycles. The zero-order chi connectivity index (χ0) is 13.4. The Balaban J connectivity index is 1.88. The molecule has 0 bridgehead atoms. The molecule has 0 fully saturated rings. The molecular weight excluding hydrogens is 456 g/mol. The average Bonchev–Trinajstić information content (AvgIpc) is 2.74. The van der Waals surface area contributed by atoms with E-state index in [0.29, 0.717) is 6.04 Å². The number of hydrogen-bond acceptors (Lipinski definition) is 2. The monoisotopic (exact) mass is 467 g/mol. The molecule has 0 saturated carbocycles. The van der Waals surface area contributed by atoms with Crippen LogP contribution in [0.4, 0.5) is 5.69 Å². The van der Waals surface area contributed by atoms with Crippen LogP contribution in [-0.2, 0) is 6.42 Å². The van der Waals surface area contributed by atoms with E-state index in [4.69, 9.17) is 11.6 Å². The number of hydrogen-bond donors (Lipinski definition) is 1. The Kier molecular flexibility index (Phi) is 4.41. The summed E-state index contributed by atoms with van der Waals surface area (Å²) in [4.78, 5) is 1.54. The molecule has 2 aromatic rings. The fraction of sp³-hybridized carbons (Fsp3) is 0.286. The molecule has 3 rings (SSSR count). The summed E-state index contributed by atoms with van der Waals surface area (Å²) in [6, 6.07) is 8.64. The molecule has 5 heteroatoms. The predicted octanol–water partition coefficient (Wildman–Crippen LogP) is 6.26. The Morgan fingerprint density at radius 1 is 1.37 bits per heavy atom. The van der Waals surface area contributed by atoms with Crippen molar-refractivity contribution in [3.8, 4) is 0 Å². The van der Waals surface area contributed by atoms with Crippen LogP contribution in [0.3, 0.4) is 0 Å². The van der Waals surface area contributed by atoms with E-state index in [0.717, 1.165) is 15.2 Å². The number of aryl methyl sites for hydroxylation is 1. The van der Waals surface area contributed by atoms with Gasteiger partial charge in [0.1, 0.15) is 0 Å². The second-order valence-corrected chi connectivity index (χ2v) is 8.96. The first-order valence-corrected chi connectivity index (χ1v) is 9.20. The fourth-order valence-corrected chi connectivity index (χ4v) is 5.38. The third-order valence-electron chi connectivity index (χ3n) is 3.34. The Hall–Kier alpha value is 0.220.